The maximum atomic E-state index is 12.4. The molecule has 2 aromatic heterocycles. The Morgan fingerprint density at radius 3 is 2.78 bits per heavy atom. The number of pyridine rings is 1. The summed E-state index contributed by atoms with van der Waals surface area (Å²) in [5.41, 5.74) is 2.12. The average Bonchev–Trinajstić information content (AvgIpc) is 3.18. The molecule has 1 aromatic carbocycles. The van der Waals surface area contributed by atoms with Gasteiger partial charge in [0.2, 0.25) is 0 Å². The number of carbonyl (C=O) groups is 1. The normalized spacial score (nSPS) is 11.4. The van der Waals surface area contributed by atoms with Gasteiger partial charge >= 0.3 is 0 Å². The molecule has 6 nitrogen and oxygen atoms in total. The van der Waals surface area contributed by atoms with Crippen LogP contribution < -0.4 is 5.32 Å². The van der Waals surface area contributed by atoms with Gasteiger partial charge in [-0.25, -0.2) is 4.98 Å². The molecule has 27 heavy (non-hydrogen) atoms. The van der Waals surface area contributed by atoms with Gasteiger partial charge in [0.1, 0.15) is 0 Å². The largest absolute Gasteiger partial charge is 0.386 e. The standard InChI is InChI=1S/C21H24N4O2/c1-21(2,27)19-12-18(13-23-14-19)16-5-3-6-17(11-16)20(26)24-7-4-9-25-10-8-22-15-25/h3,5-6,8,10-15,27H,4,7,9H2,1-2H3,(H,24,26). The quantitative estimate of drug-likeness (QED) is 0.632. The second-order valence-corrected chi connectivity index (χ2v) is 7.01. The summed E-state index contributed by atoms with van der Waals surface area (Å²) in [4.78, 5) is 20.6. The maximum Gasteiger partial charge on any atom is 0.251 e. The van der Waals surface area contributed by atoms with E-state index in [0.29, 0.717) is 12.1 Å². The number of aromatic nitrogens is 3. The summed E-state index contributed by atoms with van der Waals surface area (Å²) >= 11 is 0. The molecule has 0 aliphatic carbocycles. The van der Waals surface area contributed by atoms with E-state index in [1.807, 2.05) is 35.0 Å². The smallest absolute Gasteiger partial charge is 0.251 e. The summed E-state index contributed by atoms with van der Waals surface area (Å²) in [6.07, 6.45) is 9.63. The molecular weight excluding hydrogens is 340 g/mol. The van der Waals surface area contributed by atoms with Crippen LogP contribution in [0.25, 0.3) is 11.1 Å². The summed E-state index contributed by atoms with van der Waals surface area (Å²) in [7, 11) is 0. The molecule has 0 spiro atoms. The second-order valence-electron chi connectivity index (χ2n) is 7.01. The fourth-order valence-corrected chi connectivity index (χ4v) is 2.76. The summed E-state index contributed by atoms with van der Waals surface area (Å²) in [5.74, 6) is -0.103. The Hall–Kier alpha value is -2.99. The van der Waals surface area contributed by atoms with Gasteiger partial charge in [0.25, 0.3) is 5.91 Å². The fraction of sp³-hybridized carbons (Fsp3) is 0.286. The van der Waals surface area contributed by atoms with Crippen molar-refractivity contribution in [1.29, 1.82) is 0 Å². The Morgan fingerprint density at radius 2 is 2.04 bits per heavy atom. The van der Waals surface area contributed by atoms with Crippen molar-refractivity contribution in [2.45, 2.75) is 32.4 Å². The second kappa shape index (κ2) is 8.14. The van der Waals surface area contributed by atoms with E-state index in [0.717, 1.165) is 29.7 Å². The van der Waals surface area contributed by atoms with Crippen LogP contribution in [0.3, 0.4) is 0 Å². The Kier molecular flexibility index (Phi) is 5.66. The molecule has 0 aliphatic rings. The van der Waals surface area contributed by atoms with Gasteiger partial charge in [0, 0.05) is 54.6 Å². The molecule has 0 saturated carbocycles. The lowest BCUT2D eigenvalue weighted by atomic mass is 9.96. The number of hydrogen-bond acceptors (Lipinski definition) is 4. The van der Waals surface area contributed by atoms with Gasteiger partial charge in [-0.3, -0.25) is 9.78 Å². The molecule has 140 valence electrons. The molecule has 3 aromatic rings. The van der Waals surface area contributed by atoms with E-state index in [1.165, 1.54) is 0 Å². The maximum absolute atomic E-state index is 12.4. The number of hydrogen-bond donors (Lipinski definition) is 2. The average molecular weight is 364 g/mol. The third kappa shape index (κ3) is 5.01. The first-order valence-corrected chi connectivity index (χ1v) is 8.96. The van der Waals surface area contributed by atoms with E-state index in [-0.39, 0.29) is 5.91 Å². The minimum atomic E-state index is -0.965. The van der Waals surface area contributed by atoms with E-state index >= 15 is 0 Å². The first-order chi connectivity index (χ1) is 12.9. The molecule has 1 amide bonds. The van der Waals surface area contributed by atoms with Crippen molar-refractivity contribution < 1.29 is 9.90 Å². The van der Waals surface area contributed by atoms with Gasteiger partial charge in [-0.05, 0) is 44.0 Å². The molecule has 6 heteroatoms. The van der Waals surface area contributed by atoms with Gasteiger partial charge < -0.3 is 15.0 Å². The molecule has 0 aliphatic heterocycles. The van der Waals surface area contributed by atoms with Crippen molar-refractivity contribution >= 4 is 5.91 Å². The highest BCUT2D eigenvalue weighted by atomic mass is 16.3. The van der Waals surface area contributed by atoms with E-state index in [9.17, 15) is 9.90 Å². The number of nitrogens with zero attached hydrogens (tertiary/aromatic N) is 3. The lowest BCUT2D eigenvalue weighted by Crippen LogP contribution is -2.25. The van der Waals surface area contributed by atoms with Crippen LogP contribution in [0.5, 0.6) is 0 Å². The van der Waals surface area contributed by atoms with E-state index < -0.39 is 5.60 Å². The summed E-state index contributed by atoms with van der Waals surface area (Å²) in [6.45, 7) is 4.86. The monoisotopic (exact) mass is 364 g/mol. The number of aliphatic hydroxyl groups is 1. The van der Waals surface area contributed by atoms with Gasteiger partial charge in [-0.1, -0.05) is 12.1 Å². The Balaban J connectivity index is 1.65. The Labute approximate surface area is 158 Å². The molecule has 0 unspecified atom stereocenters. The van der Waals surface area contributed by atoms with Crippen LogP contribution in [0.2, 0.25) is 0 Å². The molecule has 0 radical (unpaired) electrons. The van der Waals surface area contributed by atoms with Crippen LogP contribution in [-0.2, 0) is 12.1 Å². The molecule has 0 fully saturated rings. The van der Waals surface area contributed by atoms with Gasteiger partial charge in [0.05, 0.1) is 11.9 Å². The van der Waals surface area contributed by atoms with Crippen LogP contribution >= 0.6 is 0 Å². The molecule has 2 heterocycles. The SMILES string of the molecule is CC(C)(O)c1cncc(-c2cccc(C(=O)NCCCn3ccnc3)c2)c1. The highest BCUT2D eigenvalue weighted by molar-refractivity contribution is 5.95. The molecule has 0 bridgehead atoms. The van der Waals surface area contributed by atoms with Crippen LogP contribution in [0.1, 0.15) is 36.2 Å². The zero-order chi connectivity index (χ0) is 19.3. The Morgan fingerprint density at radius 1 is 1.19 bits per heavy atom. The zero-order valence-corrected chi connectivity index (χ0v) is 15.6. The number of benzene rings is 1. The number of nitrogens with one attached hydrogen (secondary N) is 1. The summed E-state index contributed by atoms with van der Waals surface area (Å²) in [6, 6.07) is 9.32. The third-order valence-corrected chi connectivity index (χ3v) is 4.34. The molecule has 0 saturated heterocycles. The predicted molar refractivity (Wildman–Crippen MR) is 104 cm³/mol. The van der Waals surface area contributed by atoms with Gasteiger partial charge in [-0.2, -0.15) is 0 Å². The summed E-state index contributed by atoms with van der Waals surface area (Å²) < 4.78 is 1.98. The number of rotatable bonds is 7. The highest BCUT2D eigenvalue weighted by Gasteiger charge is 2.17. The molecule has 0 atom stereocenters. The third-order valence-electron chi connectivity index (χ3n) is 4.34. The van der Waals surface area contributed by atoms with Crippen LogP contribution in [0.15, 0.2) is 61.4 Å². The van der Waals surface area contributed by atoms with Crippen LogP contribution in [0, 0.1) is 0 Å². The van der Waals surface area contributed by atoms with Crippen molar-refractivity contribution in [3.05, 3.63) is 72.6 Å². The lowest BCUT2D eigenvalue weighted by molar-refractivity contribution is 0.0782. The summed E-state index contributed by atoms with van der Waals surface area (Å²) in [5, 5.41) is 13.1. The van der Waals surface area contributed by atoms with E-state index in [4.69, 9.17) is 0 Å². The first-order valence-electron chi connectivity index (χ1n) is 8.96. The fourth-order valence-electron chi connectivity index (χ4n) is 2.76. The van der Waals surface area contributed by atoms with Gasteiger partial charge in [0.15, 0.2) is 0 Å². The van der Waals surface area contributed by atoms with Crippen molar-refractivity contribution in [3.63, 3.8) is 0 Å². The van der Waals surface area contributed by atoms with E-state index in [2.05, 4.69) is 15.3 Å². The van der Waals surface area contributed by atoms with Gasteiger partial charge in [-0.15, -0.1) is 0 Å². The minimum absolute atomic E-state index is 0.103. The zero-order valence-electron chi connectivity index (χ0n) is 15.6. The number of aryl methyl sites for hydroxylation is 1. The number of carbonyl (C=O) groups excluding carboxylic acids is 1. The topological polar surface area (TPSA) is 80.0 Å². The molecule has 3 rings (SSSR count). The highest BCUT2D eigenvalue weighted by Crippen LogP contribution is 2.25. The lowest BCUT2D eigenvalue weighted by Gasteiger charge is -2.18. The van der Waals surface area contributed by atoms with Crippen molar-refractivity contribution in [2.24, 2.45) is 0 Å². The van der Waals surface area contributed by atoms with Crippen LogP contribution in [-0.4, -0.2) is 32.1 Å². The Bertz CT molecular complexity index is 899. The first kappa shape index (κ1) is 18.8. The predicted octanol–water partition coefficient (Wildman–Crippen LogP) is 2.99. The van der Waals surface area contributed by atoms with E-state index in [1.54, 1.807) is 44.8 Å². The molecule has 2 N–H and O–H groups in total. The van der Waals surface area contributed by atoms with Crippen molar-refractivity contribution in [3.8, 4) is 11.1 Å². The minimum Gasteiger partial charge on any atom is -0.386 e. The van der Waals surface area contributed by atoms with Crippen LogP contribution in [0.4, 0.5) is 0 Å². The van der Waals surface area contributed by atoms with Crippen molar-refractivity contribution in [1.82, 2.24) is 19.9 Å². The molecular formula is C21H24N4O2. The number of amides is 1. The van der Waals surface area contributed by atoms with Crippen molar-refractivity contribution in [2.75, 3.05) is 6.54 Å². The number of imidazole rings is 1.